The van der Waals surface area contributed by atoms with Crippen LogP contribution >= 0.6 is 0 Å². The first-order valence-electron chi connectivity index (χ1n) is 4.42. The molecule has 0 aliphatic carbocycles. The maximum atomic E-state index is 5.88. The topological polar surface area (TPSA) is 9.23 Å². The van der Waals surface area contributed by atoms with Crippen molar-refractivity contribution in [2.75, 3.05) is 0 Å². The van der Waals surface area contributed by atoms with Crippen LogP contribution in [0, 0.1) is 11.8 Å². The van der Waals surface area contributed by atoms with Gasteiger partial charge in [-0.15, -0.1) is 0 Å². The van der Waals surface area contributed by atoms with Crippen LogP contribution in [0.1, 0.15) is 27.7 Å². The fourth-order valence-electron chi connectivity index (χ4n) is 1.31. The standard InChI is InChI=1S/C9H21OSi/c1-7(2)9(8(3)4)10-11(5)6/h7-9H,1-6H3. The molecule has 0 amide bonds. The number of hydrogen-bond acceptors (Lipinski definition) is 1. The Bertz CT molecular complexity index is 91.7. The van der Waals surface area contributed by atoms with E-state index in [1.54, 1.807) is 0 Å². The summed E-state index contributed by atoms with van der Waals surface area (Å²) in [6.45, 7) is 13.3. The van der Waals surface area contributed by atoms with Crippen LogP contribution in [-0.2, 0) is 4.43 Å². The zero-order chi connectivity index (χ0) is 9.02. The lowest BCUT2D eigenvalue weighted by Gasteiger charge is -2.27. The molecule has 0 aromatic carbocycles. The molecule has 2 heteroatoms. The van der Waals surface area contributed by atoms with Gasteiger partial charge in [0.05, 0.1) is 0 Å². The Labute approximate surface area is 72.9 Å². The number of hydrogen-bond donors (Lipinski definition) is 0. The third-order valence-electron chi connectivity index (χ3n) is 1.69. The van der Waals surface area contributed by atoms with Gasteiger partial charge in [-0.2, -0.15) is 0 Å². The maximum absolute atomic E-state index is 5.88. The average molecular weight is 173 g/mol. The molecule has 67 valence electrons. The van der Waals surface area contributed by atoms with Crippen LogP contribution in [0.4, 0.5) is 0 Å². The summed E-state index contributed by atoms with van der Waals surface area (Å²) in [6.07, 6.45) is 0.457. The van der Waals surface area contributed by atoms with Gasteiger partial charge in [-0.3, -0.25) is 0 Å². The fourth-order valence-corrected chi connectivity index (χ4v) is 2.40. The van der Waals surface area contributed by atoms with Crippen molar-refractivity contribution in [3.63, 3.8) is 0 Å². The van der Waals surface area contributed by atoms with Crippen LogP contribution < -0.4 is 0 Å². The van der Waals surface area contributed by atoms with Crippen LogP contribution in [0.5, 0.6) is 0 Å². The molecule has 0 fully saturated rings. The van der Waals surface area contributed by atoms with Gasteiger partial charge in [0.1, 0.15) is 0 Å². The lowest BCUT2D eigenvalue weighted by molar-refractivity contribution is 0.105. The highest BCUT2D eigenvalue weighted by Crippen LogP contribution is 2.16. The second-order valence-corrected chi connectivity index (χ2v) is 6.03. The fraction of sp³-hybridized carbons (Fsp3) is 1.00. The van der Waals surface area contributed by atoms with Gasteiger partial charge >= 0.3 is 0 Å². The Morgan fingerprint density at radius 1 is 0.909 bits per heavy atom. The van der Waals surface area contributed by atoms with E-state index >= 15 is 0 Å². The minimum atomic E-state index is -0.523. The summed E-state index contributed by atoms with van der Waals surface area (Å²) < 4.78 is 5.88. The first-order chi connectivity index (χ1) is 4.95. The van der Waals surface area contributed by atoms with E-state index in [-0.39, 0.29) is 0 Å². The monoisotopic (exact) mass is 173 g/mol. The summed E-state index contributed by atoms with van der Waals surface area (Å²) in [5.41, 5.74) is 0. The Balaban J connectivity index is 3.90. The van der Waals surface area contributed by atoms with Crippen molar-refractivity contribution >= 4 is 9.04 Å². The molecule has 1 nitrogen and oxygen atoms in total. The lowest BCUT2D eigenvalue weighted by atomic mass is 9.97. The second kappa shape index (κ2) is 4.94. The molecule has 11 heavy (non-hydrogen) atoms. The van der Waals surface area contributed by atoms with E-state index in [1.165, 1.54) is 0 Å². The molecule has 0 aromatic rings. The molecule has 0 unspecified atom stereocenters. The highest BCUT2D eigenvalue weighted by molar-refractivity contribution is 6.48. The van der Waals surface area contributed by atoms with Gasteiger partial charge in [0.25, 0.3) is 0 Å². The third-order valence-corrected chi connectivity index (χ3v) is 2.43. The summed E-state index contributed by atoms with van der Waals surface area (Å²) in [5.74, 6) is 1.30. The van der Waals surface area contributed by atoms with Gasteiger partial charge in [0.2, 0.25) is 9.04 Å². The molecular weight excluding hydrogens is 152 g/mol. The van der Waals surface area contributed by atoms with Gasteiger partial charge < -0.3 is 4.43 Å². The highest BCUT2D eigenvalue weighted by Gasteiger charge is 2.19. The second-order valence-electron chi connectivity index (χ2n) is 3.98. The molecule has 1 radical (unpaired) electrons. The van der Waals surface area contributed by atoms with Crippen molar-refractivity contribution < 1.29 is 4.43 Å². The molecule has 0 bridgehead atoms. The van der Waals surface area contributed by atoms with Crippen LogP contribution in [0.15, 0.2) is 0 Å². The van der Waals surface area contributed by atoms with Crippen molar-refractivity contribution in [2.24, 2.45) is 11.8 Å². The summed E-state index contributed by atoms with van der Waals surface area (Å²) in [6, 6.07) is 0. The van der Waals surface area contributed by atoms with Crippen molar-refractivity contribution in [2.45, 2.75) is 46.9 Å². The molecule has 0 saturated heterocycles. The van der Waals surface area contributed by atoms with Crippen molar-refractivity contribution in [3.05, 3.63) is 0 Å². The molecule has 0 aliphatic heterocycles. The van der Waals surface area contributed by atoms with E-state index in [0.717, 1.165) is 0 Å². The maximum Gasteiger partial charge on any atom is 0.205 e. The van der Waals surface area contributed by atoms with E-state index in [2.05, 4.69) is 40.8 Å². The van der Waals surface area contributed by atoms with E-state index < -0.39 is 9.04 Å². The lowest BCUT2D eigenvalue weighted by Crippen LogP contribution is -2.30. The largest absolute Gasteiger partial charge is 0.414 e. The van der Waals surface area contributed by atoms with Crippen molar-refractivity contribution in [1.29, 1.82) is 0 Å². The Hall–Kier alpha value is 0.177. The zero-order valence-electron chi connectivity index (χ0n) is 8.64. The summed E-state index contributed by atoms with van der Waals surface area (Å²) in [5, 5.41) is 0. The van der Waals surface area contributed by atoms with Crippen LogP contribution in [0.25, 0.3) is 0 Å². The van der Waals surface area contributed by atoms with Crippen molar-refractivity contribution in [1.82, 2.24) is 0 Å². The molecule has 0 aliphatic rings. The minimum Gasteiger partial charge on any atom is -0.414 e. The van der Waals surface area contributed by atoms with E-state index in [9.17, 15) is 0 Å². The molecule has 0 rings (SSSR count). The smallest absolute Gasteiger partial charge is 0.205 e. The Kier molecular flexibility index (Phi) is 5.02. The normalized spacial score (nSPS) is 12.5. The van der Waals surface area contributed by atoms with Gasteiger partial charge in [0, 0.05) is 6.10 Å². The summed E-state index contributed by atoms with van der Waals surface area (Å²) in [7, 11) is -0.523. The first kappa shape index (κ1) is 11.2. The highest BCUT2D eigenvalue weighted by atomic mass is 28.3. The predicted octanol–water partition coefficient (Wildman–Crippen LogP) is 2.93. The van der Waals surface area contributed by atoms with Crippen molar-refractivity contribution in [3.8, 4) is 0 Å². The van der Waals surface area contributed by atoms with E-state index in [4.69, 9.17) is 4.43 Å². The van der Waals surface area contributed by atoms with Crippen LogP contribution in [0.3, 0.4) is 0 Å². The average Bonchev–Trinajstić information content (AvgIpc) is 1.81. The van der Waals surface area contributed by atoms with Gasteiger partial charge in [0.15, 0.2) is 0 Å². The molecule has 0 heterocycles. The number of rotatable bonds is 4. The molecule has 0 aromatic heterocycles. The van der Waals surface area contributed by atoms with Gasteiger partial charge in [-0.25, -0.2) is 0 Å². The molecule has 0 spiro atoms. The zero-order valence-corrected chi connectivity index (χ0v) is 9.64. The predicted molar refractivity (Wildman–Crippen MR) is 52.0 cm³/mol. The molecular formula is C9H21OSi. The minimum absolute atomic E-state index is 0.457. The van der Waals surface area contributed by atoms with E-state index in [0.29, 0.717) is 17.9 Å². The van der Waals surface area contributed by atoms with Gasteiger partial charge in [-0.05, 0) is 24.9 Å². The van der Waals surface area contributed by atoms with Gasteiger partial charge in [-0.1, -0.05) is 27.7 Å². The molecule has 0 atom stereocenters. The van der Waals surface area contributed by atoms with Crippen LogP contribution in [-0.4, -0.2) is 15.1 Å². The van der Waals surface area contributed by atoms with E-state index in [1.807, 2.05) is 0 Å². The molecule has 0 N–H and O–H groups in total. The SMILES string of the molecule is CC(C)C(O[Si](C)C)C(C)C. The Morgan fingerprint density at radius 3 is 1.36 bits per heavy atom. The summed E-state index contributed by atoms with van der Waals surface area (Å²) >= 11 is 0. The quantitative estimate of drug-likeness (QED) is 0.594. The third kappa shape index (κ3) is 4.59. The molecule has 0 saturated carbocycles. The summed E-state index contributed by atoms with van der Waals surface area (Å²) in [4.78, 5) is 0. The van der Waals surface area contributed by atoms with Crippen LogP contribution in [0.2, 0.25) is 13.1 Å². The Morgan fingerprint density at radius 2 is 1.27 bits per heavy atom. The first-order valence-corrected chi connectivity index (χ1v) is 6.82.